The molecule has 0 atom stereocenters. The van der Waals surface area contributed by atoms with Crippen LogP contribution in [-0.4, -0.2) is 15.0 Å². The van der Waals surface area contributed by atoms with E-state index in [1.54, 1.807) is 0 Å². The van der Waals surface area contributed by atoms with Crippen molar-refractivity contribution in [2.45, 2.75) is 5.16 Å². The molecule has 0 saturated carbocycles. The molecule has 0 spiro atoms. The van der Waals surface area contributed by atoms with Crippen molar-refractivity contribution in [3.05, 3.63) is 60.7 Å². The van der Waals surface area contributed by atoms with Crippen molar-refractivity contribution in [3.8, 4) is 0 Å². The first kappa shape index (κ1) is 13.4. The molecular weight excluding hydrogens is 282 g/mol. The van der Waals surface area contributed by atoms with Crippen LogP contribution >= 0.6 is 12.6 Å². The quantitative estimate of drug-likeness (QED) is 0.641. The summed E-state index contributed by atoms with van der Waals surface area (Å²) in [5, 5.41) is 6.59. The van der Waals surface area contributed by atoms with Crippen LogP contribution in [0.15, 0.2) is 65.8 Å². The molecule has 6 heteroatoms. The van der Waals surface area contributed by atoms with Crippen molar-refractivity contribution in [1.29, 1.82) is 0 Å². The van der Waals surface area contributed by atoms with Crippen molar-refractivity contribution in [2.75, 3.05) is 10.6 Å². The maximum absolute atomic E-state index is 4.33. The van der Waals surface area contributed by atoms with Gasteiger partial charge in [-0.15, -0.1) is 12.6 Å². The second-order valence-corrected chi connectivity index (χ2v) is 4.66. The number of anilines is 4. The van der Waals surface area contributed by atoms with Gasteiger partial charge in [-0.05, 0) is 24.3 Å². The predicted octanol–water partition coefficient (Wildman–Crippen LogP) is 3.65. The highest BCUT2D eigenvalue weighted by Gasteiger charge is 2.05. The minimum atomic E-state index is 0.349. The van der Waals surface area contributed by atoms with Gasteiger partial charge in [-0.2, -0.15) is 15.0 Å². The van der Waals surface area contributed by atoms with E-state index in [4.69, 9.17) is 0 Å². The highest BCUT2D eigenvalue weighted by Crippen LogP contribution is 2.17. The molecule has 2 N–H and O–H groups in total. The third-order valence-electron chi connectivity index (χ3n) is 2.68. The van der Waals surface area contributed by atoms with Gasteiger partial charge in [0.2, 0.25) is 11.9 Å². The average molecular weight is 295 g/mol. The molecule has 0 aliphatic rings. The predicted molar refractivity (Wildman–Crippen MR) is 86.5 cm³/mol. The number of hydrogen-bond donors (Lipinski definition) is 3. The van der Waals surface area contributed by atoms with Crippen molar-refractivity contribution < 1.29 is 0 Å². The highest BCUT2D eigenvalue weighted by molar-refractivity contribution is 7.80. The van der Waals surface area contributed by atoms with Crippen LogP contribution in [0.4, 0.5) is 23.3 Å². The Kier molecular flexibility index (Phi) is 3.97. The Morgan fingerprint density at radius 2 is 1.05 bits per heavy atom. The number of aromatic nitrogens is 3. The van der Waals surface area contributed by atoms with Gasteiger partial charge in [-0.25, -0.2) is 0 Å². The Balaban J connectivity index is 1.83. The topological polar surface area (TPSA) is 62.7 Å². The first-order valence-electron chi connectivity index (χ1n) is 6.39. The zero-order chi connectivity index (χ0) is 14.5. The fourth-order valence-corrected chi connectivity index (χ4v) is 1.97. The Hall–Kier alpha value is -2.60. The standard InChI is InChI=1S/C15H13N5S/c21-15-19-13(16-11-7-3-1-4-8-11)18-14(20-15)17-12-9-5-2-6-10-12/h1-10H,(H3,16,17,18,19,20,21). The summed E-state index contributed by atoms with van der Waals surface area (Å²) in [6.45, 7) is 0. The van der Waals surface area contributed by atoms with Crippen LogP contribution in [0.25, 0.3) is 0 Å². The van der Waals surface area contributed by atoms with Crippen LogP contribution in [0.3, 0.4) is 0 Å². The van der Waals surface area contributed by atoms with E-state index in [0.29, 0.717) is 17.1 Å². The van der Waals surface area contributed by atoms with Crippen molar-refractivity contribution in [2.24, 2.45) is 0 Å². The lowest BCUT2D eigenvalue weighted by molar-refractivity contribution is 0.926. The molecule has 0 bridgehead atoms. The molecule has 0 radical (unpaired) electrons. The molecule has 3 rings (SSSR count). The lowest BCUT2D eigenvalue weighted by Crippen LogP contribution is -2.04. The molecule has 0 fully saturated rings. The van der Waals surface area contributed by atoms with E-state index in [-0.39, 0.29) is 0 Å². The Bertz CT molecular complexity index is 659. The van der Waals surface area contributed by atoms with Crippen molar-refractivity contribution in [3.63, 3.8) is 0 Å². The molecular formula is C15H13N5S. The third kappa shape index (κ3) is 3.70. The monoisotopic (exact) mass is 295 g/mol. The number of nitrogens with zero attached hydrogens (tertiary/aromatic N) is 3. The van der Waals surface area contributed by atoms with Crippen molar-refractivity contribution in [1.82, 2.24) is 15.0 Å². The van der Waals surface area contributed by atoms with E-state index in [2.05, 4.69) is 38.2 Å². The molecule has 21 heavy (non-hydrogen) atoms. The molecule has 2 aromatic carbocycles. The minimum absolute atomic E-state index is 0.349. The summed E-state index contributed by atoms with van der Waals surface area (Å²) < 4.78 is 0. The van der Waals surface area contributed by atoms with Crippen LogP contribution < -0.4 is 10.6 Å². The number of thiol groups is 1. The number of rotatable bonds is 4. The van der Waals surface area contributed by atoms with E-state index in [9.17, 15) is 0 Å². The number of hydrogen-bond acceptors (Lipinski definition) is 6. The van der Waals surface area contributed by atoms with E-state index >= 15 is 0 Å². The first-order valence-corrected chi connectivity index (χ1v) is 6.83. The van der Waals surface area contributed by atoms with Gasteiger partial charge < -0.3 is 10.6 Å². The molecule has 3 aromatic rings. The summed E-state index contributed by atoms with van der Waals surface area (Å²) >= 11 is 4.21. The van der Waals surface area contributed by atoms with Crippen LogP contribution in [0.5, 0.6) is 0 Å². The van der Waals surface area contributed by atoms with Gasteiger partial charge in [0.1, 0.15) is 0 Å². The SMILES string of the molecule is Sc1nc(Nc2ccccc2)nc(Nc2ccccc2)n1. The molecule has 0 aliphatic heterocycles. The minimum Gasteiger partial charge on any atom is -0.324 e. The van der Waals surface area contributed by atoms with Gasteiger partial charge in [0.15, 0.2) is 5.16 Å². The maximum atomic E-state index is 4.33. The maximum Gasteiger partial charge on any atom is 0.233 e. The van der Waals surface area contributed by atoms with Gasteiger partial charge in [0.05, 0.1) is 0 Å². The molecule has 0 unspecified atom stereocenters. The number of benzene rings is 2. The number of para-hydroxylation sites is 2. The third-order valence-corrected chi connectivity index (χ3v) is 2.88. The Morgan fingerprint density at radius 1 is 0.619 bits per heavy atom. The van der Waals surface area contributed by atoms with Crippen LogP contribution in [0, 0.1) is 0 Å². The number of nitrogens with one attached hydrogen (secondary N) is 2. The molecule has 104 valence electrons. The summed E-state index contributed by atoms with van der Waals surface area (Å²) in [5.74, 6) is 0.888. The average Bonchev–Trinajstić information content (AvgIpc) is 2.48. The second-order valence-electron chi connectivity index (χ2n) is 4.26. The fraction of sp³-hybridized carbons (Fsp3) is 0. The Morgan fingerprint density at radius 3 is 1.48 bits per heavy atom. The second kappa shape index (κ2) is 6.23. The smallest absolute Gasteiger partial charge is 0.233 e. The van der Waals surface area contributed by atoms with Crippen LogP contribution in [-0.2, 0) is 0 Å². The zero-order valence-corrected chi connectivity index (χ0v) is 12.0. The van der Waals surface area contributed by atoms with Crippen molar-refractivity contribution >= 4 is 35.9 Å². The van der Waals surface area contributed by atoms with Gasteiger partial charge >= 0.3 is 0 Å². The van der Waals surface area contributed by atoms with E-state index < -0.39 is 0 Å². The van der Waals surface area contributed by atoms with Gasteiger partial charge in [0.25, 0.3) is 0 Å². The van der Waals surface area contributed by atoms with E-state index in [1.807, 2.05) is 60.7 Å². The Labute approximate surface area is 127 Å². The first-order chi connectivity index (χ1) is 10.3. The van der Waals surface area contributed by atoms with Gasteiger partial charge in [-0.1, -0.05) is 36.4 Å². The van der Waals surface area contributed by atoms with Crippen LogP contribution in [0.2, 0.25) is 0 Å². The molecule has 0 saturated heterocycles. The lowest BCUT2D eigenvalue weighted by Gasteiger charge is -2.08. The summed E-state index contributed by atoms with van der Waals surface area (Å²) in [7, 11) is 0. The summed E-state index contributed by atoms with van der Waals surface area (Å²) in [6.07, 6.45) is 0. The lowest BCUT2D eigenvalue weighted by atomic mass is 10.3. The van der Waals surface area contributed by atoms with E-state index in [1.165, 1.54) is 0 Å². The zero-order valence-electron chi connectivity index (χ0n) is 11.1. The molecule has 0 amide bonds. The fourth-order valence-electron chi connectivity index (χ4n) is 1.78. The molecule has 1 heterocycles. The largest absolute Gasteiger partial charge is 0.324 e. The summed E-state index contributed by atoms with van der Waals surface area (Å²) in [5.41, 5.74) is 1.81. The molecule has 1 aromatic heterocycles. The van der Waals surface area contributed by atoms with Crippen LogP contribution in [0.1, 0.15) is 0 Å². The van der Waals surface area contributed by atoms with Gasteiger partial charge in [0, 0.05) is 11.4 Å². The summed E-state index contributed by atoms with van der Waals surface area (Å²) in [4.78, 5) is 12.7. The molecule has 5 nitrogen and oxygen atoms in total. The van der Waals surface area contributed by atoms with Gasteiger partial charge in [-0.3, -0.25) is 0 Å². The molecule has 0 aliphatic carbocycles. The van der Waals surface area contributed by atoms with E-state index in [0.717, 1.165) is 11.4 Å². The normalized spacial score (nSPS) is 10.1. The summed E-state index contributed by atoms with van der Waals surface area (Å²) in [6, 6.07) is 19.4. The highest BCUT2D eigenvalue weighted by atomic mass is 32.1.